The Bertz CT molecular complexity index is 791. The maximum atomic E-state index is 13.0. The number of rotatable bonds is 4. The van der Waals surface area contributed by atoms with Crippen LogP contribution in [0, 0.1) is 6.92 Å². The fourth-order valence-electron chi connectivity index (χ4n) is 2.67. The van der Waals surface area contributed by atoms with Crippen molar-refractivity contribution in [1.29, 1.82) is 0 Å². The van der Waals surface area contributed by atoms with Gasteiger partial charge in [-0.05, 0) is 35.7 Å². The van der Waals surface area contributed by atoms with Gasteiger partial charge in [-0.15, -0.1) is 0 Å². The molecule has 24 heavy (non-hydrogen) atoms. The normalized spacial score (nSPS) is 10.6. The van der Waals surface area contributed by atoms with Gasteiger partial charge in [-0.25, -0.2) is 0 Å². The molecular weight excluding hydrogens is 362 g/mol. The van der Waals surface area contributed by atoms with E-state index in [9.17, 15) is 4.79 Å². The molecule has 1 amide bonds. The average molecular weight is 380 g/mol. The topological polar surface area (TPSA) is 29.1 Å². The van der Waals surface area contributed by atoms with Gasteiger partial charge in [-0.3, -0.25) is 4.79 Å². The lowest BCUT2D eigenvalue weighted by Gasteiger charge is -2.18. The van der Waals surface area contributed by atoms with Crippen molar-refractivity contribution in [3.05, 3.63) is 100 Å². The molecule has 0 saturated heterocycles. The molecule has 0 unspecified atom stereocenters. The molecule has 3 aromatic rings. The number of anilines is 1. The van der Waals surface area contributed by atoms with Crippen molar-refractivity contribution >= 4 is 27.5 Å². The van der Waals surface area contributed by atoms with Crippen LogP contribution >= 0.6 is 15.9 Å². The van der Waals surface area contributed by atoms with Crippen molar-refractivity contribution in [3.63, 3.8) is 0 Å². The molecular formula is C21H18BrNO. The second-order valence-electron chi connectivity index (χ2n) is 5.71. The fraction of sp³-hybridized carbons (Fsp3) is 0.0952. The molecule has 3 aromatic carbocycles. The van der Waals surface area contributed by atoms with Gasteiger partial charge in [-0.1, -0.05) is 82.7 Å². The first kappa shape index (κ1) is 16.5. The van der Waals surface area contributed by atoms with Crippen molar-refractivity contribution in [2.75, 3.05) is 5.32 Å². The van der Waals surface area contributed by atoms with E-state index < -0.39 is 0 Å². The second-order valence-corrected chi connectivity index (χ2v) is 6.56. The van der Waals surface area contributed by atoms with Crippen molar-refractivity contribution in [3.8, 4) is 0 Å². The summed E-state index contributed by atoms with van der Waals surface area (Å²) in [6.45, 7) is 2.02. The third kappa shape index (κ3) is 3.74. The summed E-state index contributed by atoms with van der Waals surface area (Å²) in [4.78, 5) is 13.0. The second kappa shape index (κ2) is 7.45. The van der Waals surface area contributed by atoms with E-state index in [1.807, 2.05) is 85.8 Å². The predicted molar refractivity (Wildman–Crippen MR) is 102 cm³/mol. The standard InChI is InChI=1S/C21H18BrNO/c1-15-12-13-18(14-19(15)22)23-21(24)20(16-8-4-2-5-9-16)17-10-6-3-7-11-17/h2-14,20H,1H3,(H,23,24). The Balaban J connectivity index is 1.93. The van der Waals surface area contributed by atoms with Crippen molar-refractivity contribution in [1.82, 2.24) is 0 Å². The van der Waals surface area contributed by atoms with Crippen LogP contribution in [0.2, 0.25) is 0 Å². The van der Waals surface area contributed by atoms with E-state index in [-0.39, 0.29) is 11.8 Å². The van der Waals surface area contributed by atoms with Crippen molar-refractivity contribution in [2.45, 2.75) is 12.8 Å². The van der Waals surface area contributed by atoms with Crippen LogP contribution in [0.25, 0.3) is 0 Å². The number of nitrogens with one attached hydrogen (secondary N) is 1. The summed E-state index contributed by atoms with van der Waals surface area (Å²) < 4.78 is 0.983. The first-order valence-corrected chi connectivity index (χ1v) is 8.61. The van der Waals surface area contributed by atoms with E-state index in [0.29, 0.717) is 0 Å². The molecule has 0 bridgehead atoms. The van der Waals surface area contributed by atoms with Gasteiger partial charge in [0.15, 0.2) is 0 Å². The zero-order chi connectivity index (χ0) is 16.9. The first-order valence-electron chi connectivity index (χ1n) is 7.82. The Hall–Kier alpha value is -2.39. The minimum Gasteiger partial charge on any atom is -0.325 e. The van der Waals surface area contributed by atoms with Crippen LogP contribution in [0.5, 0.6) is 0 Å². The lowest BCUT2D eigenvalue weighted by molar-refractivity contribution is -0.116. The molecule has 2 nitrogen and oxygen atoms in total. The van der Waals surface area contributed by atoms with Gasteiger partial charge in [0.25, 0.3) is 0 Å². The number of hydrogen-bond donors (Lipinski definition) is 1. The third-order valence-corrected chi connectivity index (χ3v) is 4.82. The lowest BCUT2D eigenvalue weighted by atomic mass is 9.90. The van der Waals surface area contributed by atoms with Gasteiger partial charge >= 0.3 is 0 Å². The molecule has 0 aliphatic heterocycles. The monoisotopic (exact) mass is 379 g/mol. The van der Waals surface area contributed by atoms with Gasteiger partial charge in [0.2, 0.25) is 5.91 Å². The average Bonchev–Trinajstić information content (AvgIpc) is 2.60. The summed E-state index contributed by atoms with van der Waals surface area (Å²) in [6.07, 6.45) is 0. The summed E-state index contributed by atoms with van der Waals surface area (Å²) in [5, 5.41) is 3.04. The Morgan fingerprint density at radius 1 is 0.875 bits per heavy atom. The summed E-state index contributed by atoms with van der Waals surface area (Å²) in [5.74, 6) is -0.379. The SMILES string of the molecule is Cc1ccc(NC(=O)C(c2ccccc2)c2ccccc2)cc1Br. The van der Waals surface area contributed by atoms with Gasteiger partial charge in [0, 0.05) is 10.2 Å². The highest BCUT2D eigenvalue weighted by molar-refractivity contribution is 9.10. The van der Waals surface area contributed by atoms with E-state index in [1.54, 1.807) is 0 Å². The molecule has 0 aliphatic carbocycles. The maximum Gasteiger partial charge on any atom is 0.236 e. The van der Waals surface area contributed by atoms with Gasteiger partial charge in [0.05, 0.1) is 5.92 Å². The van der Waals surface area contributed by atoms with Crippen LogP contribution in [0.15, 0.2) is 83.3 Å². The Labute approximate surface area is 150 Å². The zero-order valence-electron chi connectivity index (χ0n) is 13.4. The molecule has 3 heteroatoms. The summed E-state index contributed by atoms with van der Waals surface area (Å²) in [6, 6.07) is 25.5. The molecule has 0 heterocycles. The van der Waals surface area contributed by atoms with E-state index in [4.69, 9.17) is 0 Å². The molecule has 0 aliphatic rings. The van der Waals surface area contributed by atoms with Crippen molar-refractivity contribution in [2.24, 2.45) is 0 Å². The van der Waals surface area contributed by atoms with Crippen molar-refractivity contribution < 1.29 is 4.79 Å². The van der Waals surface area contributed by atoms with Crippen LogP contribution in [0.1, 0.15) is 22.6 Å². The fourth-order valence-corrected chi connectivity index (χ4v) is 3.05. The van der Waals surface area contributed by atoms with E-state index >= 15 is 0 Å². The number of carbonyl (C=O) groups excluding carboxylic acids is 1. The minimum absolute atomic E-state index is 0.0387. The number of benzene rings is 3. The number of halogens is 1. The highest BCUT2D eigenvalue weighted by Gasteiger charge is 2.22. The molecule has 3 rings (SSSR count). The summed E-state index contributed by atoms with van der Waals surface area (Å²) in [7, 11) is 0. The molecule has 1 N–H and O–H groups in total. The Morgan fingerprint density at radius 2 is 1.42 bits per heavy atom. The van der Waals surface area contributed by atoms with Gasteiger partial charge < -0.3 is 5.32 Å². The van der Waals surface area contributed by atoms with E-state index in [1.165, 1.54) is 0 Å². The van der Waals surface area contributed by atoms with Gasteiger partial charge in [0.1, 0.15) is 0 Å². The number of aryl methyl sites for hydroxylation is 1. The molecule has 0 radical (unpaired) electrons. The van der Waals surface area contributed by atoms with Crippen LogP contribution in [-0.2, 0) is 4.79 Å². The molecule has 0 aromatic heterocycles. The summed E-state index contributed by atoms with van der Waals surface area (Å²) in [5.41, 5.74) is 3.88. The maximum absolute atomic E-state index is 13.0. The largest absolute Gasteiger partial charge is 0.325 e. The van der Waals surface area contributed by atoms with E-state index in [2.05, 4.69) is 21.2 Å². The number of hydrogen-bond acceptors (Lipinski definition) is 1. The first-order chi connectivity index (χ1) is 11.6. The van der Waals surface area contributed by atoms with E-state index in [0.717, 1.165) is 26.9 Å². The Morgan fingerprint density at radius 3 is 1.92 bits per heavy atom. The predicted octanol–water partition coefficient (Wildman–Crippen LogP) is 5.53. The highest BCUT2D eigenvalue weighted by atomic mass is 79.9. The van der Waals surface area contributed by atoms with Crippen LogP contribution in [-0.4, -0.2) is 5.91 Å². The molecule has 0 saturated carbocycles. The van der Waals surface area contributed by atoms with Crippen LogP contribution in [0.4, 0.5) is 5.69 Å². The highest BCUT2D eigenvalue weighted by Crippen LogP contribution is 2.27. The molecule has 0 spiro atoms. The van der Waals surface area contributed by atoms with Crippen LogP contribution in [0.3, 0.4) is 0 Å². The number of amides is 1. The van der Waals surface area contributed by atoms with Gasteiger partial charge in [-0.2, -0.15) is 0 Å². The minimum atomic E-state index is -0.340. The Kier molecular flexibility index (Phi) is 5.11. The quantitative estimate of drug-likeness (QED) is 0.634. The third-order valence-electron chi connectivity index (χ3n) is 3.97. The van der Waals surface area contributed by atoms with Crippen LogP contribution < -0.4 is 5.32 Å². The lowest BCUT2D eigenvalue weighted by Crippen LogP contribution is -2.22. The molecule has 0 fully saturated rings. The summed E-state index contributed by atoms with van der Waals surface area (Å²) >= 11 is 3.51. The molecule has 0 atom stereocenters. The zero-order valence-corrected chi connectivity index (χ0v) is 15.0. The number of carbonyl (C=O) groups is 1. The smallest absolute Gasteiger partial charge is 0.236 e. The molecule has 120 valence electrons.